The molecule has 0 amide bonds. The molecule has 0 aliphatic rings. The number of halogens is 1. The molecule has 2 nitrogen and oxygen atoms in total. The normalized spacial score (nSPS) is 11.2. The van der Waals surface area contributed by atoms with Gasteiger partial charge in [-0.3, -0.25) is 4.99 Å². The van der Waals surface area contributed by atoms with Crippen molar-refractivity contribution in [2.45, 2.75) is 66.5 Å². The van der Waals surface area contributed by atoms with Crippen LogP contribution in [0.5, 0.6) is 0 Å². The zero-order valence-electron chi connectivity index (χ0n) is 20.8. The van der Waals surface area contributed by atoms with Crippen molar-refractivity contribution in [2.75, 3.05) is 20.1 Å². The lowest BCUT2D eigenvalue weighted by Crippen LogP contribution is -2.31. The highest BCUT2D eigenvalue weighted by Crippen LogP contribution is 2.04. The third-order valence-corrected chi connectivity index (χ3v) is 3.79. The van der Waals surface area contributed by atoms with Crippen LogP contribution in [-0.2, 0) is 0 Å². The quantitative estimate of drug-likeness (QED) is 0.135. The standard InChI is InChI=1S/C15H24N2.C9H10.C4H9F.H2/c1-6-9-10-12-17(11-7-2)15(16-5)13-14(4)8-3;1-3-9-6-4-8(2)5-7-9;1-4(2,3)5;/h1,8,13H,3,7,9-12H2,2,4-5H3;3-7H,1H2,2H3;1-3H3;1H/b14-13-,16-15?;;;. The van der Waals surface area contributed by atoms with Gasteiger partial charge in [-0.1, -0.05) is 62.1 Å². The maximum absolute atomic E-state index is 11.7. The Hall–Kier alpha value is -2.60. The summed E-state index contributed by atoms with van der Waals surface area (Å²) in [7, 11) is 1.83. The van der Waals surface area contributed by atoms with Crippen LogP contribution in [0.4, 0.5) is 4.39 Å². The van der Waals surface area contributed by atoms with E-state index in [9.17, 15) is 4.39 Å². The number of benzene rings is 1. The van der Waals surface area contributed by atoms with E-state index in [0.29, 0.717) is 0 Å². The minimum atomic E-state index is -1.00. The fourth-order valence-corrected chi connectivity index (χ4v) is 2.25. The number of aryl methyl sites for hydroxylation is 1. The average Bonchev–Trinajstić information content (AvgIpc) is 2.71. The lowest BCUT2D eigenvalue weighted by atomic mass is 10.2. The molecule has 0 saturated carbocycles. The first-order chi connectivity index (χ1) is 14.5. The zero-order valence-corrected chi connectivity index (χ0v) is 20.8. The van der Waals surface area contributed by atoms with Gasteiger partial charge in [-0.25, -0.2) is 4.39 Å². The van der Waals surface area contributed by atoms with E-state index in [1.54, 1.807) is 0 Å². The number of hydrogen-bond acceptors (Lipinski definition) is 1. The van der Waals surface area contributed by atoms with Crippen molar-refractivity contribution in [1.82, 2.24) is 4.90 Å². The molecule has 0 unspecified atom stereocenters. The molecule has 0 aliphatic carbocycles. The lowest BCUT2D eigenvalue weighted by Gasteiger charge is -2.24. The average molecular weight is 429 g/mol. The van der Waals surface area contributed by atoms with E-state index in [1.807, 2.05) is 26.1 Å². The minimum Gasteiger partial charge on any atom is -0.357 e. The molecule has 0 aromatic heterocycles. The third kappa shape index (κ3) is 20.5. The number of alkyl halides is 1. The highest BCUT2D eigenvalue weighted by Gasteiger charge is 2.07. The Morgan fingerprint density at radius 2 is 1.77 bits per heavy atom. The Balaban J connectivity index is -0.000000466. The summed E-state index contributed by atoms with van der Waals surface area (Å²) in [5, 5.41) is 0. The van der Waals surface area contributed by atoms with Gasteiger partial charge in [0.05, 0.1) is 0 Å². The summed E-state index contributed by atoms with van der Waals surface area (Å²) in [6, 6.07) is 8.28. The predicted octanol–water partition coefficient (Wildman–Crippen LogP) is 7.91. The number of hydrogen-bond donors (Lipinski definition) is 0. The van der Waals surface area contributed by atoms with Gasteiger partial charge < -0.3 is 4.90 Å². The summed E-state index contributed by atoms with van der Waals surface area (Å²) in [5.41, 5.74) is 2.60. The molecular weight excluding hydrogens is 383 g/mol. The van der Waals surface area contributed by atoms with E-state index >= 15 is 0 Å². The molecule has 0 N–H and O–H groups in total. The van der Waals surface area contributed by atoms with Crippen LogP contribution in [0.1, 0.15) is 66.4 Å². The molecule has 3 heteroatoms. The van der Waals surface area contributed by atoms with Crippen LogP contribution in [0.3, 0.4) is 0 Å². The summed E-state index contributed by atoms with van der Waals surface area (Å²) in [6.45, 7) is 20.2. The lowest BCUT2D eigenvalue weighted by molar-refractivity contribution is 0.246. The fourth-order valence-electron chi connectivity index (χ4n) is 2.25. The molecule has 0 fully saturated rings. The first-order valence-corrected chi connectivity index (χ1v) is 10.9. The second-order valence-electron chi connectivity index (χ2n) is 8.15. The van der Waals surface area contributed by atoms with E-state index in [0.717, 1.165) is 43.8 Å². The third-order valence-electron chi connectivity index (χ3n) is 3.79. The Bertz CT molecular complexity index is 713. The summed E-state index contributed by atoms with van der Waals surface area (Å²) >= 11 is 0. The van der Waals surface area contributed by atoms with Gasteiger partial charge in [0.1, 0.15) is 11.5 Å². The van der Waals surface area contributed by atoms with Crippen LogP contribution in [0.25, 0.3) is 6.08 Å². The number of terminal acetylenes is 1. The molecular formula is C28H45FN2. The van der Waals surface area contributed by atoms with Crippen LogP contribution in [0.2, 0.25) is 0 Å². The molecule has 0 spiro atoms. The van der Waals surface area contributed by atoms with Gasteiger partial charge in [0, 0.05) is 28.0 Å². The van der Waals surface area contributed by atoms with Crippen LogP contribution >= 0.6 is 0 Å². The molecule has 1 aromatic rings. The molecule has 1 rings (SSSR count). The maximum Gasteiger partial charge on any atom is 0.123 e. The highest BCUT2D eigenvalue weighted by molar-refractivity contribution is 5.93. The van der Waals surface area contributed by atoms with Gasteiger partial charge in [-0.05, 0) is 64.7 Å². The number of aliphatic imine (C=N–C) groups is 1. The molecule has 0 saturated heterocycles. The number of nitrogens with zero attached hydrogens (tertiary/aromatic N) is 2. The van der Waals surface area contributed by atoms with Crippen molar-refractivity contribution in [3.63, 3.8) is 0 Å². The molecule has 0 bridgehead atoms. The first kappa shape index (κ1) is 30.6. The summed E-state index contributed by atoms with van der Waals surface area (Å²) in [6.07, 6.45) is 14.0. The smallest absolute Gasteiger partial charge is 0.123 e. The number of rotatable bonds is 8. The number of amidine groups is 1. The van der Waals surface area contributed by atoms with Crippen molar-refractivity contribution < 1.29 is 5.82 Å². The maximum atomic E-state index is 11.7. The number of allylic oxidation sites excluding steroid dienone is 2. The van der Waals surface area contributed by atoms with Gasteiger partial charge in [0.15, 0.2) is 0 Å². The van der Waals surface area contributed by atoms with Crippen molar-refractivity contribution in [3.8, 4) is 12.3 Å². The van der Waals surface area contributed by atoms with E-state index in [-0.39, 0.29) is 1.43 Å². The summed E-state index contributed by atoms with van der Waals surface area (Å²) in [4.78, 5) is 6.62. The molecule has 0 radical (unpaired) electrons. The zero-order chi connectivity index (χ0) is 24.3. The second-order valence-corrected chi connectivity index (χ2v) is 8.15. The number of unbranched alkanes of at least 4 members (excludes halogenated alkanes) is 1. The van der Waals surface area contributed by atoms with Crippen molar-refractivity contribution >= 4 is 11.9 Å². The van der Waals surface area contributed by atoms with Crippen LogP contribution in [0, 0.1) is 19.3 Å². The van der Waals surface area contributed by atoms with Gasteiger partial charge >= 0.3 is 0 Å². The van der Waals surface area contributed by atoms with Gasteiger partial charge in [0.25, 0.3) is 0 Å². The Kier molecular flexibility index (Phi) is 18.0. The van der Waals surface area contributed by atoms with E-state index < -0.39 is 5.67 Å². The van der Waals surface area contributed by atoms with E-state index in [2.05, 4.69) is 73.2 Å². The molecule has 0 aliphatic heterocycles. The Labute approximate surface area is 193 Å². The van der Waals surface area contributed by atoms with Crippen LogP contribution in [0.15, 0.2) is 60.1 Å². The molecule has 0 heterocycles. The summed E-state index contributed by atoms with van der Waals surface area (Å²) < 4.78 is 11.7. The molecule has 1 aromatic carbocycles. The van der Waals surface area contributed by atoms with Crippen LogP contribution in [-0.4, -0.2) is 36.5 Å². The largest absolute Gasteiger partial charge is 0.357 e. The summed E-state index contributed by atoms with van der Waals surface area (Å²) in [5.74, 6) is 3.69. The molecule has 174 valence electrons. The SMILES string of the molecule is C#CCCCN(CCC)C(/C=C(/C)C=C)=NC.C=Cc1ccc(C)cc1.CC(C)(C)F.[HH]. The minimum absolute atomic E-state index is 0. The first-order valence-electron chi connectivity index (χ1n) is 10.9. The molecule has 31 heavy (non-hydrogen) atoms. The highest BCUT2D eigenvalue weighted by atomic mass is 19.1. The monoisotopic (exact) mass is 428 g/mol. The van der Waals surface area contributed by atoms with E-state index in [4.69, 9.17) is 6.42 Å². The van der Waals surface area contributed by atoms with Crippen molar-refractivity contribution in [1.29, 1.82) is 0 Å². The van der Waals surface area contributed by atoms with Crippen LogP contribution < -0.4 is 0 Å². The molecule has 0 atom stereocenters. The van der Waals surface area contributed by atoms with Crippen molar-refractivity contribution in [2.24, 2.45) is 4.99 Å². The van der Waals surface area contributed by atoms with E-state index in [1.165, 1.54) is 31.9 Å². The predicted molar refractivity (Wildman–Crippen MR) is 141 cm³/mol. The second kappa shape index (κ2) is 18.2. The fraction of sp³-hybridized carbons (Fsp3) is 0.464. The van der Waals surface area contributed by atoms with Gasteiger partial charge in [0.2, 0.25) is 0 Å². The van der Waals surface area contributed by atoms with Gasteiger partial charge in [-0.2, -0.15) is 0 Å². The Morgan fingerprint density at radius 1 is 1.23 bits per heavy atom. The topological polar surface area (TPSA) is 15.6 Å². The Morgan fingerprint density at radius 3 is 2.16 bits per heavy atom. The van der Waals surface area contributed by atoms with Gasteiger partial charge in [-0.15, -0.1) is 12.3 Å². The van der Waals surface area contributed by atoms with Crippen molar-refractivity contribution in [3.05, 3.63) is 66.3 Å².